The van der Waals surface area contributed by atoms with Crippen LogP contribution in [-0.4, -0.2) is 4.89 Å². The van der Waals surface area contributed by atoms with Gasteiger partial charge < -0.3 is 0 Å². The molecular weight excluding hydrogens is 195 g/mol. The van der Waals surface area contributed by atoms with Crippen LogP contribution in [0.3, 0.4) is 0 Å². The van der Waals surface area contributed by atoms with E-state index in [9.17, 15) is 4.57 Å². The lowest BCUT2D eigenvalue weighted by Gasteiger charge is -1.86. The quantitative estimate of drug-likeness (QED) is 0.777. The first kappa shape index (κ1) is 13.3. The minimum atomic E-state index is -2.03. The molecule has 1 atom stereocenters. The highest BCUT2D eigenvalue weighted by Crippen LogP contribution is 2.20. The summed E-state index contributed by atoms with van der Waals surface area (Å²) in [6, 6.07) is 9.27. The smallest absolute Gasteiger partial charge is 0.160 e. The molecule has 0 radical (unpaired) electrons. The lowest BCUT2D eigenvalue weighted by molar-refractivity contribution is 0.502. The third-order valence-electron chi connectivity index (χ3n) is 1.66. The molecule has 0 aliphatic carbocycles. The van der Waals surface area contributed by atoms with Gasteiger partial charge in [-0.25, -0.2) is 0 Å². The fourth-order valence-electron chi connectivity index (χ4n) is 0.740. The number of hydrogen-bond donors (Lipinski definition) is 1. The molecule has 1 aromatic rings. The van der Waals surface area contributed by atoms with Gasteiger partial charge in [0.25, 0.3) is 0 Å². The minimum Gasteiger partial charge on any atom is -0.160 e. The van der Waals surface area contributed by atoms with E-state index < -0.39 is 8.03 Å². The third-order valence-corrected chi connectivity index (χ3v) is 2.30. The van der Waals surface area contributed by atoms with Gasteiger partial charge in [-0.1, -0.05) is 57.0 Å². The largest absolute Gasteiger partial charge is 0.510 e. The fraction of sp³-hybridized carbons (Fsp3) is 0.455. The Hall–Kier alpha value is -0.720. The summed E-state index contributed by atoms with van der Waals surface area (Å²) in [6.45, 7) is 4.36. The van der Waals surface area contributed by atoms with Crippen LogP contribution in [-0.2, 0) is 10.7 Å². The molecule has 3 heteroatoms. The van der Waals surface area contributed by atoms with E-state index in [0.29, 0.717) is 0 Å². The van der Waals surface area contributed by atoms with E-state index in [1.165, 1.54) is 12.8 Å². The number of rotatable bonds is 3. The van der Waals surface area contributed by atoms with Gasteiger partial charge in [0, 0.05) is 5.56 Å². The molecule has 2 nitrogen and oxygen atoms in total. The van der Waals surface area contributed by atoms with Crippen molar-refractivity contribution in [2.45, 2.75) is 32.9 Å². The summed E-state index contributed by atoms with van der Waals surface area (Å²) < 4.78 is 10.3. The molecule has 0 heterocycles. The number of hydrogen-bond acceptors (Lipinski definition) is 1. The molecule has 0 fully saturated rings. The van der Waals surface area contributed by atoms with Gasteiger partial charge in [0.2, 0.25) is 6.16 Å². The van der Waals surface area contributed by atoms with Crippen molar-refractivity contribution in [2.75, 3.05) is 0 Å². The van der Waals surface area contributed by atoms with Crippen LogP contribution in [0.1, 0.15) is 32.3 Å². The minimum absolute atomic E-state index is 0.260. The average Bonchev–Trinajstić information content (AvgIpc) is 2.19. The van der Waals surface area contributed by atoms with Crippen molar-refractivity contribution in [3.05, 3.63) is 35.9 Å². The molecule has 0 amide bonds. The van der Waals surface area contributed by atoms with Crippen LogP contribution in [0.4, 0.5) is 0 Å². The topological polar surface area (TPSA) is 37.3 Å². The standard InChI is InChI=1S/C7H7O2P.C4H10/c8-10(9)6-7-4-2-1-3-5-7;1-3-4-2/h1-5H,6H2;3-4H2,1-2H3/p+1. The second-order valence-electron chi connectivity index (χ2n) is 3.00. The van der Waals surface area contributed by atoms with Crippen molar-refractivity contribution < 1.29 is 9.46 Å². The fourth-order valence-corrected chi connectivity index (χ4v) is 1.26. The molecule has 0 aliphatic heterocycles. The van der Waals surface area contributed by atoms with E-state index >= 15 is 0 Å². The molecule has 0 aliphatic rings. The summed E-state index contributed by atoms with van der Waals surface area (Å²) in [5.74, 6) is 0. The van der Waals surface area contributed by atoms with E-state index in [4.69, 9.17) is 4.89 Å². The average molecular weight is 213 g/mol. The van der Waals surface area contributed by atoms with Crippen LogP contribution < -0.4 is 0 Å². The van der Waals surface area contributed by atoms with E-state index in [-0.39, 0.29) is 6.16 Å². The predicted molar refractivity (Wildman–Crippen MR) is 60.6 cm³/mol. The summed E-state index contributed by atoms with van der Waals surface area (Å²) in [7, 11) is -2.03. The SMILES string of the molecule is CCCC.O=[P+](O)Cc1ccccc1. The second kappa shape index (κ2) is 8.86. The van der Waals surface area contributed by atoms with Gasteiger partial charge in [-0.3, -0.25) is 0 Å². The molecule has 1 rings (SSSR count). The van der Waals surface area contributed by atoms with Crippen molar-refractivity contribution in [3.63, 3.8) is 0 Å². The Morgan fingerprint density at radius 2 is 1.64 bits per heavy atom. The first-order chi connectivity index (χ1) is 6.70. The Balaban J connectivity index is 0.000000364. The summed E-state index contributed by atoms with van der Waals surface area (Å²) in [5.41, 5.74) is 0.908. The molecule has 0 aromatic heterocycles. The van der Waals surface area contributed by atoms with Gasteiger partial charge in [-0.15, -0.1) is 0 Å². The molecule has 0 spiro atoms. The van der Waals surface area contributed by atoms with Gasteiger partial charge in [-0.2, -0.15) is 4.89 Å². The van der Waals surface area contributed by atoms with Crippen LogP contribution in [0.5, 0.6) is 0 Å². The highest BCUT2D eigenvalue weighted by atomic mass is 31.1. The molecule has 0 bridgehead atoms. The van der Waals surface area contributed by atoms with Crippen LogP contribution in [0.25, 0.3) is 0 Å². The lowest BCUT2D eigenvalue weighted by Crippen LogP contribution is -1.75. The van der Waals surface area contributed by atoms with Crippen LogP contribution in [0.15, 0.2) is 30.3 Å². The monoisotopic (exact) mass is 213 g/mol. The predicted octanol–water partition coefficient (Wildman–Crippen LogP) is 3.73. The Morgan fingerprint density at radius 3 is 2.00 bits per heavy atom. The molecular formula is C11H18O2P+. The lowest BCUT2D eigenvalue weighted by atomic mass is 10.2. The summed E-state index contributed by atoms with van der Waals surface area (Å²) in [4.78, 5) is 8.52. The number of benzene rings is 1. The molecule has 1 N–H and O–H groups in total. The second-order valence-corrected chi connectivity index (χ2v) is 4.02. The zero-order valence-electron chi connectivity index (χ0n) is 8.81. The molecule has 1 aromatic carbocycles. The van der Waals surface area contributed by atoms with Gasteiger partial charge in [0.05, 0.1) is 0 Å². The van der Waals surface area contributed by atoms with E-state index in [0.717, 1.165) is 5.56 Å². The Morgan fingerprint density at radius 1 is 1.14 bits per heavy atom. The summed E-state index contributed by atoms with van der Waals surface area (Å²) in [6.07, 6.45) is 2.90. The normalized spacial score (nSPS) is 10.1. The van der Waals surface area contributed by atoms with Crippen LogP contribution in [0, 0.1) is 0 Å². The third kappa shape index (κ3) is 7.90. The van der Waals surface area contributed by atoms with Gasteiger partial charge in [-0.05, 0) is 4.57 Å². The van der Waals surface area contributed by atoms with Crippen molar-refractivity contribution in [3.8, 4) is 0 Å². The molecule has 1 unspecified atom stereocenters. The molecule has 0 saturated heterocycles. The first-order valence-corrected chi connectivity index (χ1v) is 6.27. The van der Waals surface area contributed by atoms with E-state index in [1.54, 1.807) is 0 Å². The molecule has 78 valence electrons. The van der Waals surface area contributed by atoms with Crippen molar-refractivity contribution in [1.29, 1.82) is 0 Å². The Kier molecular flexibility index (Phi) is 8.40. The maximum Gasteiger partial charge on any atom is 0.510 e. The first-order valence-electron chi connectivity index (χ1n) is 4.88. The van der Waals surface area contributed by atoms with E-state index in [2.05, 4.69) is 13.8 Å². The van der Waals surface area contributed by atoms with Gasteiger partial charge in [0.15, 0.2) is 0 Å². The van der Waals surface area contributed by atoms with Crippen LogP contribution >= 0.6 is 8.03 Å². The Bertz CT molecular complexity index is 245. The maximum atomic E-state index is 10.3. The van der Waals surface area contributed by atoms with Gasteiger partial charge in [0.1, 0.15) is 0 Å². The highest BCUT2D eigenvalue weighted by molar-refractivity contribution is 7.37. The molecule has 0 saturated carbocycles. The van der Waals surface area contributed by atoms with Crippen LogP contribution in [0.2, 0.25) is 0 Å². The van der Waals surface area contributed by atoms with Gasteiger partial charge >= 0.3 is 8.03 Å². The van der Waals surface area contributed by atoms with Crippen molar-refractivity contribution in [1.82, 2.24) is 0 Å². The van der Waals surface area contributed by atoms with Crippen molar-refractivity contribution >= 4 is 8.03 Å². The maximum absolute atomic E-state index is 10.3. The van der Waals surface area contributed by atoms with Crippen molar-refractivity contribution in [2.24, 2.45) is 0 Å². The molecule has 14 heavy (non-hydrogen) atoms. The summed E-state index contributed by atoms with van der Waals surface area (Å²) >= 11 is 0. The highest BCUT2D eigenvalue weighted by Gasteiger charge is 2.09. The Labute approximate surface area is 86.8 Å². The van der Waals surface area contributed by atoms with E-state index in [1.807, 2.05) is 30.3 Å². The summed E-state index contributed by atoms with van der Waals surface area (Å²) in [5, 5.41) is 0. The zero-order chi connectivity index (χ0) is 10.8. The zero-order valence-corrected chi connectivity index (χ0v) is 9.71. The number of unbranched alkanes of at least 4 members (excludes halogenated alkanes) is 1.